The van der Waals surface area contributed by atoms with Crippen molar-refractivity contribution in [3.05, 3.63) is 47.8 Å². The minimum absolute atomic E-state index is 0.0366. The van der Waals surface area contributed by atoms with Crippen molar-refractivity contribution in [1.29, 1.82) is 0 Å². The number of amides is 1. The Hall–Kier alpha value is -2.34. The summed E-state index contributed by atoms with van der Waals surface area (Å²) < 4.78 is 7.29. The lowest BCUT2D eigenvalue weighted by atomic mass is 10.1. The molecule has 23 heavy (non-hydrogen) atoms. The quantitative estimate of drug-likeness (QED) is 0.912. The zero-order chi connectivity index (χ0) is 16.2. The number of nitrogens with two attached hydrogens (primary N) is 1. The number of hydrogen-bond donors (Lipinski definition) is 1. The molecular formula is C17H22N4O2. The Kier molecular flexibility index (Phi) is 4.62. The van der Waals surface area contributed by atoms with Crippen LogP contribution in [0, 0.1) is 0 Å². The van der Waals surface area contributed by atoms with Crippen LogP contribution in [0.25, 0.3) is 0 Å². The predicted octanol–water partition coefficient (Wildman–Crippen LogP) is 1.73. The molecule has 3 rings (SSSR count). The van der Waals surface area contributed by atoms with Gasteiger partial charge >= 0.3 is 0 Å². The molecule has 0 bridgehead atoms. The van der Waals surface area contributed by atoms with Crippen LogP contribution in [0.4, 0.5) is 0 Å². The summed E-state index contributed by atoms with van der Waals surface area (Å²) in [5, 5.41) is 4.22. The molecule has 122 valence electrons. The maximum absolute atomic E-state index is 12.9. The summed E-state index contributed by atoms with van der Waals surface area (Å²) in [7, 11) is 1.89. The van der Waals surface area contributed by atoms with Crippen molar-refractivity contribution >= 4 is 5.91 Å². The summed E-state index contributed by atoms with van der Waals surface area (Å²) in [4.78, 5) is 14.8. The molecule has 2 N–H and O–H groups in total. The lowest BCUT2D eigenvalue weighted by Crippen LogP contribution is -2.30. The summed E-state index contributed by atoms with van der Waals surface area (Å²) in [6, 6.07) is 7.40. The standard InChI is InChI=1S/C17H22N4O2/c1-20-12-14(11-19-20)16-6-3-8-21(16)17(22)13-4-2-5-15(10-13)23-9-7-18/h2,4-5,10-12,16H,3,6-9,18H2,1H3. The zero-order valence-corrected chi connectivity index (χ0v) is 13.3. The van der Waals surface area contributed by atoms with E-state index in [1.807, 2.05) is 42.5 Å². The van der Waals surface area contributed by atoms with Crippen molar-refractivity contribution in [3.8, 4) is 5.75 Å². The third kappa shape index (κ3) is 3.37. The van der Waals surface area contributed by atoms with Gasteiger partial charge in [-0.05, 0) is 31.0 Å². The van der Waals surface area contributed by atoms with Crippen LogP contribution >= 0.6 is 0 Å². The average Bonchev–Trinajstić information content (AvgIpc) is 3.21. The number of benzene rings is 1. The number of nitrogens with zero attached hydrogens (tertiary/aromatic N) is 3. The largest absolute Gasteiger partial charge is 0.492 e. The first-order valence-electron chi connectivity index (χ1n) is 7.91. The zero-order valence-electron chi connectivity index (χ0n) is 13.3. The fraction of sp³-hybridized carbons (Fsp3) is 0.412. The third-order valence-electron chi connectivity index (χ3n) is 4.09. The maximum Gasteiger partial charge on any atom is 0.254 e. The maximum atomic E-state index is 12.9. The smallest absolute Gasteiger partial charge is 0.254 e. The molecule has 1 aromatic heterocycles. The lowest BCUT2D eigenvalue weighted by Gasteiger charge is -2.24. The van der Waals surface area contributed by atoms with Gasteiger partial charge in [0.25, 0.3) is 5.91 Å². The van der Waals surface area contributed by atoms with Crippen LogP contribution in [-0.2, 0) is 7.05 Å². The van der Waals surface area contributed by atoms with Gasteiger partial charge in [0.15, 0.2) is 0 Å². The van der Waals surface area contributed by atoms with Gasteiger partial charge in [0.05, 0.1) is 12.2 Å². The number of carbonyl (C=O) groups is 1. The second kappa shape index (κ2) is 6.83. The molecule has 0 saturated carbocycles. The van der Waals surface area contributed by atoms with E-state index in [0.29, 0.717) is 24.5 Å². The Morgan fingerprint density at radius 3 is 3.09 bits per heavy atom. The second-order valence-corrected chi connectivity index (χ2v) is 5.77. The Balaban J connectivity index is 1.79. The molecule has 0 spiro atoms. The number of carbonyl (C=O) groups excluding carboxylic acids is 1. The van der Waals surface area contributed by atoms with Gasteiger partial charge < -0.3 is 15.4 Å². The van der Waals surface area contributed by atoms with Gasteiger partial charge in [0.2, 0.25) is 0 Å². The number of rotatable bonds is 5. The van der Waals surface area contributed by atoms with Gasteiger partial charge in [0, 0.05) is 37.5 Å². The molecule has 1 saturated heterocycles. The van der Waals surface area contributed by atoms with Crippen molar-refractivity contribution in [2.45, 2.75) is 18.9 Å². The van der Waals surface area contributed by atoms with Crippen LogP contribution in [0.5, 0.6) is 5.75 Å². The minimum Gasteiger partial charge on any atom is -0.492 e. The van der Waals surface area contributed by atoms with Crippen molar-refractivity contribution in [3.63, 3.8) is 0 Å². The van der Waals surface area contributed by atoms with Crippen LogP contribution in [0.1, 0.15) is 34.8 Å². The lowest BCUT2D eigenvalue weighted by molar-refractivity contribution is 0.0735. The van der Waals surface area contributed by atoms with Gasteiger partial charge in [-0.15, -0.1) is 0 Å². The molecule has 2 heterocycles. The predicted molar refractivity (Wildman–Crippen MR) is 87.2 cm³/mol. The Bertz CT molecular complexity index is 683. The molecule has 2 aromatic rings. The average molecular weight is 314 g/mol. The van der Waals surface area contributed by atoms with E-state index < -0.39 is 0 Å². The SMILES string of the molecule is Cn1cc(C2CCCN2C(=O)c2cccc(OCCN)c2)cn1. The highest BCUT2D eigenvalue weighted by molar-refractivity contribution is 5.95. The normalized spacial score (nSPS) is 17.5. The van der Waals surface area contributed by atoms with E-state index in [-0.39, 0.29) is 11.9 Å². The molecular weight excluding hydrogens is 292 g/mol. The van der Waals surface area contributed by atoms with E-state index in [1.165, 1.54) is 0 Å². The molecule has 1 aliphatic heterocycles. The van der Waals surface area contributed by atoms with E-state index in [9.17, 15) is 4.79 Å². The van der Waals surface area contributed by atoms with Gasteiger partial charge in [-0.1, -0.05) is 6.07 Å². The first kappa shape index (κ1) is 15.6. The van der Waals surface area contributed by atoms with E-state index in [2.05, 4.69) is 5.10 Å². The molecule has 1 amide bonds. The minimum atomic E-state index is 0.0366. The first-order valence-corrected chi connectivity index (χ1v) is 7.91. The number of likely N-dealkylation sites (tertiary alicyclic amines) is 1. The second-order valence-electron chi connectivity index (χ2n) is 5.77. The van der Waals surface area contributed by atoms with E-state index in [0.717, 1.165) is 24.9 Å². The van der Waals surface area contributed by atoms with Crippen LogP contribution in [0.2, 0.25) is 0 Å². The third-order valence-corrected chi connectivity index (χ3v) is 4.09. The van der Waals surface area contributed by atoms with Gasteiger partial charge in [-0.3, -0.25) is 9.48 Å². The fourth-order valence-corrected chi connectivity index (χ4v) is 3.03. The molecule has 1 fully saturated rings. The molecule has 6 heteroatoms. The van der Waals surface area contributed by atoms with E-state index in [4.69, 9.17) is 10.5 Å². The summed E-state index contributed by atoms with van der Waals surface area (Å²) in [6.45, 7) is 1.67. The Morgan fingerprint density at radius 1 is 1.48 bits per heavy atom. The van der Waals surface area contributed by atoms with Crippen LogP contribution in [-0.4, -0.2) is 40.3 Å². The summed E-state index contributed by atoms with van der Waals surface area (Å²) >= 11 is 0. The monoisotopic (exact) mass is 314 g/mol. The molecule has 1 aromatic carbocycles. The van der Waals surface area contributed by atoms with Crippen molar-refractivity contribution in [2.24, 2.45) is 12.8 Å². The van der Waals surface area contributed by atoms with E-state index >= 15 is 0 Å². The molecule has 6 nitrogen and oxygen atoms in total. The van der Waals surface area contributed by atoms with Crippen molar-refractivity contribution in [1.82, 2.24) is 14.7 Å². The molecule has 1 aliphatic rings. The fourth-order valence-electron chi connectivity index (χ4n) is 3.03. The Labute approximate surface area is 135 Å². The molecule has 0 radical (unpaired) electrons. The highest BCUT2D eigenvalue weighted by Crippen LogP contribution is 2.33. The summed E-state index contributed by atoms with van der Waals surface area (Å²) in [5.41, 5.74) is 7.19. The number of hydrogen-bond acceptors (Lipinski definition) is 4. The number of ether oxygens (including phenoxy) is 1. The highest BCUT2D eigenvalue weighted by atomic mass is 16.5. The topological polar surface area (TPSA) is 73.4 Å². The molecule has 1 atom stereocenters. The van der Waals surface area contributed by atoms with Crippen LogP contribution < -0.4 is 10.5 Å². The number of aryl methyl sites for hydroxylation is 1. The van der Waals surface area contributed by atoms with Crippen LogP contribution in [0.3, 0.4) is 0 Å². The van der Waals surface area contributed by atoms with E-state index in [1.54, 1.807) is 10.7 Å². The van der Waals surface area contributed by atoms with Crippen LogP contribution in [0.15, 0.2) is 36.7 Å². The molecule has 0 aliphatic carbocycles. The van der Waals surface area contributed by atoms with Crippen molar-refractivity contribution in [2.75, 3.05) is 19.7 Å². The van der Waals surface area contributed by atoms with Gasteiger partial charge in [-0.2, -0.15) is 5.10 Å². The summed E-state index contributed by atoms with van der Waals surface area (Å²) in [6.07, 6.45) is 5.81. The summed E-state index contributed by atoms with van der Waals surface area (Å²) in [5.74, 6) is 0.716. The van der Waals surface area contributed by atoms with Gasteiger partial charge in [-0.25, -0.2) is 0 Å². The highest BCUT2D eigenvalue weighted by Gasteiger charge is 2.31. The molecule has 1 unspecified atom stereocenters. The van der Waals surface area contributed by atoms with Gasteiger partial charge in [0.1, 0.15) is 12.4 Å². The Morgan fingerprint density at radius 2 is 2.35 bits per heavy atom. The van der Waals surface area contributed by atoms with Crippen molar-refractivity contribution < 1.29 is 9.53 Å². The number of aromatic nitrogens is 2. The first-order chi connectivity index (χ1) is 11.2.